The average Bonchev–Trinajstić information content (AvgIpc) is 2.18. The first kappa shape index (κ1) is 13.7. The second-order valence-corrected chi connectivity index (χ2v) is 4.51. The van der Waals surface area contributed by atoms with Gasteiger partial charge in [-0.25, -0.2) is 0 Å². The van der Waals surface area contributed by atoms with E-state index in [1.807, 2.05) is 0 Å². The summed E-state index contributed by atoms with van der Waals surface area (Å²) in [5.41, 5.74) is 1.48. The van der Waals surface area contributed by atoms with E-state index >= 15 is 0 Å². The summed E-state index contributed by atoms with van der Waals surface area (Å²) in [5, 5.41) is 0. The van der Waals surface area contributed by atoms with Crippen LogP contribution in [0.5, 0.6) is 0 Å². The van der Waals surface area contributed by atoms with Crippen LogP contribution < -0.4 is 0 Å². The normalized spacial score (nSPS) is 12.8. The lowest BCUT2D eigenvalue weighted by molar-refractivity contribution is 0.531. The van der Waals surface area contributed by atoms with Crippen LogP contribution in [0.25, 0.3) is 0 Å². The van der Waals surface area contributed by atoms with Crippen molar-refractivity contribution in [1.82, 2.24) is 0 Å². The molecule has 1 unspecified atom stereocenters. The predicted molar refractivity (Wildman–Crippen MR) is 66.6 cm³/mol. The van der Waals surface area contributed by atoms with Gasteiger partial charge in [-0.2, -0.15) is 0 Å². The van der Waals surface area contributed by atoms with Gasteiger partial charge < -0.3 is 0 Å². The predicted octanol–water partition coefficient (Wildman–Crippen LogP) is 5.34. The highest BCUT2D eigenvalue weighted by Crippen LogP contribution is 2.21. The smallest absolute Gasteiger partial charge is 0.0234 e. The first-order valence-corrected chi connectivity index (χ1v) is 6.40. The highest BCUT2D eigenvalue weighted by molar-refractivity contribution is 4.98. The molecular weight excluding hydrogens is 168 g/mol. The molecule has 0 radical (unpaired) electrons. The van der Waals surface area contributed by atoms with E-state index in [2.05, 4.69) is 27.4 Å². The molecule has 0 aromatic rings. The van der Waals surface area contributed by atoms with Crippen LogP contribution in [0.3, 0.4) is 0 Å². The molecule has 0 heteroatoms. The Morgan fingerprint density at radius 2 is 1.57 bits per heavy atom. The van der Waals surface area contributed by atoms with Gasteiger partial charge in [-0.3, -0.25) is 0 Å². The summed E-state index contributed by atoms with van der Waals surface area (Å²) in [4.78, 5) is 0. The molecule has 0 amide bonds. The molecular formula is C14H28. The number of unbranched alkanes of at least 4 members (excludes halogenated alkanes) is 4. The van der Waals surface area contributed by atoms with Crippen molar-refractivity contribution in [2.24, 2.45) is 5.92 Å². The fraction of sp³-hybridized carbons (Fsp3) is 0.857. The van der Waals surface area contributed by atoms with E-state index in [1.54, 1.807) is 0 Å². The van der Waals surface area contributed by atoms with E-state index in [-0.39, 0.29) is 0 Å². The summed E-state index contributed by atoms with van der Waals surface area (Å²) in [7, 11) is 0. The van der Waals surface area contributed by atoms with E-state index < -0.39 is 0 Å². The van der Waals surface area contributed by atoms with Crippen molar-refractivity contribution < 1.29 is 0 Å². The zero-order valence-electron chi connectivity index (χ0n) is 10.4. The molecule has 0 aromatic heterocycles. The van der Waals surface area contributed by atoms with Gasteiger partial charge in [0.05, 0.1) is 0 Å². The lowest BCUT2D eigenvalue weighted by atomic mass is 9.92. The van der Waals surface area contributed by atoms with Crippen LogP contribution in [0.15, 0.2) is 12.2 Å². The number of hydrogen-bond acceptors (Lipinski definition) is 0. The Balaban J connectivity index is 3.44. The standard InChI is InChI=1S/C14H28/c1-5-7-9-11-13(3)14(4)12-10-8-6-2/h14H,3,5-12H2,1-2,4H3. The van der Waals surface area contributed by atoms with Crippen LogP contribution in [0.2, 0.25) is 0 Å². The minimum Gasteiger partial charge on any atom is -0.0996 e. The highest BCUT2D eigenvalue weighted by atomic mass is 14.1. The van der Waals surface area contributed by atoms with Crippen molar-refractivity contribution in [3.63, 3.8) is 0 Å². The second-order valence-electron chi connectivity index (χ2n) is 4.51. The molecule has 0 aliphatic heterocycles. The number of rotatable bonds is 9. The maximum Gasteiger partial charge on any atom is -0.0234 e. The lowest BCUT2D eigenvalue weighted by Gasteiger charge is -2.14. The van der Waals surface area contributed by atoms with E-state index in [0.29, 0.717) is 0 Å². The molecule has 0 nitrogen and oxygen atoms in total. The summed E-state index contributed by atoms with van der Waals surface area (Å²) < 4.78 is 0. The zero-order chi connectivity index (χ0) is 10.8. The number of allylic oxidation sites excluding steroid dienone is 1. The molecule has 84 valence electrons. The lowest BCUT2D eigenvalue weighted by Crippen LogP contribution is -1.98. The van der Waals surface area contributed by atoms with Crippen LogP contribution in [0.1, 0.15) is 72.1 Å². The molecule has 0 heterocycles. The summed E-state index contributed by atoms with van der Waals surface area (Å²) in [5.74, 6) is 0.749. The van der Waals surface area contributed by atoms with Crippen molar-refractivity contribution >= 4 is 0 Å². The third-order valence-electron chi connectivity index (χ3n) is 3.04. The SMILES string of the molecule is C=C(CCCCC)C(C)CCCCC. The molecule has 0 N–H and O–H groups in total. The van der Waals surface area contributed by atoms with Crippen LogP contribution >= 0.6 is 0 Å². The quantitative estimate of drug-likeness (QED) is 0.345. The van der Waals surface area contributed by atoms with Gasteiger partial charge >= 0.3 is 0 Å². The Kier molecular flexibility index (Phi) is 9.13. The van der Waals surface area contributed by atoms with Gasteiger partial charge in [0.25, 0.3) is 0 Å². The van der Waals surface area contributed by atoms with Gasteiger partial charge in [-0.1, -0.05) is 65.0 Å². The molecule has 0 rings (SSSR count). The maximum atomic E-state index is 4.21. The average molecular weight is 196 g/mol. The van der Waals surface area contributed by atoms with Gasteiger partial charge in [0.1, 0.15) is 0 Å². The van der Waals surface area contributed by atoms with Crippen LogP contribution in [0.4, 0.5) is 0 Å². The maximum absolute atomic E-state index is 4.21. The Bertz CT molecular complexity index is 135. The molecule has 0 saturated carbocycles. The molecule has 14 heavy (non-hydrogen) atoms. The molecule has 0 aromatic carbocycles. The first-order valence-electron chi connectivity index (χ1n) is 6.40. The monoisotopic (exact) mass is 196 g/mol. The van der Waals surface area contributed by atoms with E-state index in [1.165, 1.54) is 56.9 Å². The summed E-state index contributed by atoms with van der Waals surface area (Å²) in [6.07, 6.45) is 10.7. The van der Waals surface area contributed by atoms with Crippen molar-refractivity contribution in [2.45, 2.75) is 72.1 Å². The summed E-state index contributed by atoms with van der Waals surface area (Å²) in [6.45, 7) is 11.1. The molecule has 0 bridgehead atoms. The van der Waals surface area contributed by atoms with Crippen LogP contribution in [-0.4, -0.2) is 0 Å². The van der Waals surface area contributed by atoms with E-state index in [4.69, 9.17) is 0 Å². The summed E-state index contributed by atoms with van der Waals surface area (Å²) in [6, 6.07) is 0. The van der Waals surface area contributed by atoms with Crippen LogP contribution in [-0.2, 0) is 0 Å². The molecule has 0 aliphatic carbocycles. The van der Waals surface area contributed by atoms with Gasteiger partial charge in [-0.15, -0.1) is 0 Å². The largest absolute Gasteiger partial charge is 0.0996 e. The third kappa shape index (κ3) is 7.17. The third-order valence-corrected chi connectivity index (χ3v) is 3.04. The fourth-order valence-electron chi connectivity index (χ4n) is 1.75. The van der Waals surface area contributed by atoms with E-state index in [0.717, 1.165) is 5.92 Å². The topological polar surface area (TPSA) is 0 Å². The first-order chi connectivity index (χ1) is 6.72. The second kappa shape index (κ2) is 9.30. The van der Waals surface area contributed by atoms with Gasteiger partial charge in [0.2, 0.25) is 0 Å². The molecule has 1 atom stereocenters. The van der Waals surface area contributed by atoms with E-state index in [9.17, 15) is 0 Å². The van der Waals surface area contributed by atoms with Gasteiger partial charge in [0, 0.05) is 0 Å². The number of hydrogen-bond donors (Lipinski definition) is 0. The molecule has 0 fully saturated rings. The van der Waals surface area contributed by atoms with Crippen molar-refractivity contribution in [1.29, 1.82) is 0 Å². The Morgan fingerprint density at radius 3 is 2.14 bits per heavy atom. The molecule has 0 saturated heterocycles. The zero-order valence-corrected chi connectivity index (χ0v) is 10.4. The molecule has 0 aliphatic rings. The van der Waals surface area contributed by atoms with Crippen LogP contribution in [0, 0.1) is 5.92 Å². The highest BCUT2D eigenvalue weighted by Gasteiger charge is 2.05. The van der Waals surface area contributed by atoms with Gasteiger partial charge in [0.15, 0.2) is 0 Å². The van der Waals surface area contributed by atoms with Crippen molar-refractivity contribution in [3.05, 3.63) is 12.2 Å². The van der Waals surface area contributed by atoms with Gasteiger partial charge in [-0.05, 0) is 25.2 Å². The minimum atomic E-state index is 0.749. The molecule has 0 spiro atoms. The Morgan fingerprint density at radius 1 is 1.00 bits per heavy atom. The Hall–Kier alpha value is -0.260. The van der Waals surface area contributed by atoms with Crippen molar-refractivity contribution in [2.75, 3.05) is 0 Å². The van der Waals surface area contributed by atoms with Crippen molar-refractivity contribution in [3.8, 4) is 0 Å². The fourth-order valence-corrected chi connectivity index (χ4v) is 1.75. The minimum absolute atomic E-state index is 0.749. The summed E-state index contributed by atoms with van der Waals surface area (Å²) >= 11 is 0. The Labute approximate surface area is 90.8 Å².